The molecular formula is C17H18FN3O3. The van der Waals surface area contributed by atoms with E-state index in [4.69, 9.17) is 5.11 Å². The number of carboxylic acid groups (broad SMARTS) is 1. The van der Waals surface area contributed by atoms with E-state index in [-0.39, 0.29) is 24.2 Å². The second kappa shape index (κ2) is 6.43. The molecule has 1 N–H and O–H groups in total. The van der Waals surface area contributed by atoms with Crippen molar-refractivity contribution in [3.05, 3.63) is 47.5 Å². The highest BCUT2D eigenvalue weighted by Gasteiger charge is 2.32. The first-order valence-electron chi connectivity index (χ1n) is 7.80. The molecule has 1 aromatic heterocycles. The number of benzene rings is 1. The van der Waals surface area contributed by atoms with Gasteiger partial charge in [0.2, 0.25) is 0 Å². The first-order chi connectivity index (χ1) is 11.5. The Labute approximate surface area is 138 Å². The molecule has 1 atom stereocenters. The summed E-state index contributed by atoms with van der Waals surface area (Å²) in [5, 5.41) is 13.2. The average molecular weight is 331 g/mol. The van der Waals surface area contributed by atoms with Crippen LogP contribution in [-0.2, 0) is 4.79 Å². The molecule has 126 valence electrons. The Hall–Kier alpha value is -2.70. The first-order valence-corrected chi connectivity index (χ1v) is 7.80. The maximum atomic E-state index is 13.0. The van der Waals surface area contributed by atoms with Gasteiger partial charge in [-0.25, -0.2) is 9.07 Å². The van der Waals surface area contributed by atoms with Gasteiger partial charge in [0, 0.05) is 12.6 Å². The van der Waals surface area contributed by atoms with Crippen LogP contribution in [0.2, 0.25) is 0 Å². The molecule has 0 spiro atoms. The van der Waals surface area contributed by atoms with Crippen molar-refractivity contribution in [3.8, 4) is 5.69 Å². The quantitative estimate of drug-likeness (QED) is 0.933. The van der Waals surface area contributed by atoms with E-state index in [2.05, 4.69) is 5.10 Å². The van der Waals surface area contributed by atoms with Gasteiger partial charge in [-0.15, -0.1) is 0 Å². The maximum absolute atomic E-state index is 13.0. The van der Waals surface area contributed by atoms with Crippen LogP contribution in [0, 0.1) is 12.7 Å². The molecule has 6 nitrogen and oxygen atoms in total. The van der Waals surface area contributed by atoms with Crippen molar-refractivity contribution in [1.82, 2.24) is 14.7 Å². The number of carbonyl (C=O) groups is 2. The lowest BCUT2D eigenvalue weighted by Gasteiger charge is -2.23. The van der Waals surface area contributed by atoms with Gasteiger partial charge in [0.15, 0.2) is 0 Å². The van der Waals surface area contributed by atoms with Gasteiger partial charge in [-0.3, -0.25) is 9.59 Å². The summed E-state index contributed by atoms with van der Waals surface area (Å²) in [5.74, 6) is -1.45. The third kappa shape index (κ3) is 3.02. The summed E-state index contributed by atoms with van der Waals surface area (Å²) in [6, 6.07) is 5.57. The number of hydrogen-bond acceptors (Lipinski definition) is 3. The number of carboxylic acids is 1. The predicted octanol–water partition coefficient (Wildman–Crippen LogP) is 2.40. The van der Waals surface area contributed by atoms with E-state index in [0.29, 0.717) is 29.9 Å². The Balaban J connectivity index is 1.86. The van der Waals surface area contributed by atoms with Crippen LogP contribution in [0.3, 0.4) is 0 Å². The van der Waals surface area contributed by atoms with Crippen molar-refractivity contribution in [1.29, 1.82) is 0 Å². The van der Waals surface area contributed by atoms with E-state index in [0.717, 1.165) is 6.42 Å². The minimum absolute atomic E-state index is 0.0448. The van der Waals surface area contributed by atoms with Gasteiger partial charge in [0.1, 0.15) is 5.82 Å². The molecule has 0 radical (unpaired) electrons. The first kappa shape index (κ1) is 16.2. The molecule has 2 heterocycles. The van der Waals surface area contributed by atoms with Gasteiger partial charge >= 0.3 is 5.97 Å². The summed E-state index contributed by atoms with van der Waals surface area (Å²) in [6.07, 6.45) is 2.94. The molecule has 24 heavy (non-hydrogen) atoms. The highest BCUT2D eigenvalue weighted by molar-refractivity contribution is 5.95. The van der Waals surface area contributed by atoms with Gasteiger partial charge in [0.05, 0.1) is 29.6 Å². The third-order valence-electron chi connectivity index (χ3n) is 4.36. The largest absolute Gasteiger partial charge is 0.481 e. The number of rotatable bonds is 4. The van der Waals surface area contributed by atoms with Crippen molar-refractivity contribution in [2.45, 2.75) is 32.2 Å². The number of aliphatic carboxylic acids is 1. The number of carbonyl (C=O) groups excluding carboxylic acids is 1. The van der Waals surface area contributed by atoms with Crippen LogP contribution in [0.1, 0.15) is 35.3 Å². The van der Waals surface area contributed by atoms with Crippen molar-refractivity contribution in [2.24, 2.45) is 0 Å². The zero-order chi connectivity index (χ0) is 17.3. The van der Waals surface area contributed by atoms with E-state index in [9.17, 15) is 14.0 Å². The second-order valence-electron chi connectivity index (χ2n) is 5.92. The van der Waals surface area contributed by atoms with Crippen LogP contribution in [0.5, 0.6) is 0 Å². The zero-order valence-electron chi connectivity index (χ0n) is 13.3. The average Bonchev–Trinajstić information content (AvgIpc) is 3.14. The molecule has 0 bridgehead atoms. The Kier molecular flexibility index (Phi) is 4.33. The highest BCUT2D eigenvalue weighted by atomic mass is 19.1. The number of nitrogens with zero attached hydrogens (tertiary/aromatic N) is 3. The van der Waals surface area contributed by atoms with Crippen LogP contribution >= 0.6 is 0 Å². The fraction of sp³-hybridized carbons (Fsp3) is 0.353. The summed E-state index contributed by atoms with van der Waals surface area (Å²) in [6.45, 7) is 2.32. The molecule has 0 aliphatic carbocycles. The van der Waals surface area contributed by atoms with Gasteiger partial charge in [-0.2, -0.15) is 5.10 Å². The highest BCUT2D eigenvalue weighted by Crippen LogP contribution is 2.24. The number of amides is 1. The SMILES string of the molecule is Cc1c(C(=O)N2CCCC2CC(=O)O)cnn1-c1ccc(F)cc1. The summed E-state index contributed by atoms with van der Waals surface area (Å²) < 4.78 is 14.6. The summed E-state index contributed by atoms with van der Waals surface area (Å²) in [4.78, 5) is 25.4. The minimum Gasteiger partial charge on any atom is -0.481 e. The second-order valence-corrected chi connectivity index (χ2v) is 5.92. The minimum atomic E-state index is -0.904. The van der Waals surface area contributed by atoms with E-state index < -0.39 is 5.97 Å². The van der Waals surface area contributed by atoms with E-state index in [1.165, 1.54) is 18.3 Å². The monoisotopic (exact) mass is 331 g/mol. The Morgan fingerprint density at radius 2 is 2.04 bits per heavy atom. The molecule has 3 rings (SSSR count). The predicted molar refractivity (Wildman–Crippen MR) is 84.6 cm³/mol. The zero-order valence-corrected chi connectivity index (χ0v) is 13.3. The third-order valence-corrected chi connectivity index (χ3v) is 4.36. The van der Waals surface area contributed by atoms with Gasteiger partial charge < -0.3 is 10.0 Å². The number of likely N-dealkylation sites (tertiary alicyclic amines) is 1. The van der Waals surface area contributed by atoms with Gasteiger partial charge in [-0.05, 0) is 44.0 Å². The molecule has 1 aromatic carbocycles. The van der Waals surface area contributed by atoms with Gasteiger partial charge in [-0.1, -0.05) is 0 Å². The summed E-state index contributed by atoms with van der Waals surface area (Å²) >= 11 is 0. The van der Waals surface area contributed by atoms with Crippen molar-refractivity contribution in [2.75, 3.05) is 6.54 Å². The van der Waals surface area contributed by atoms with Gasteiger partial charge in [0.25, 0.3) is 5.91 Å². The fourth-order valence-electron chi connectivity index (χ4n) is 3.13. The maximum Gasteiger partial charge on any atom is 0.305 e. The van der Waals surface area contributed by atoms with E-state index in [1.54, 1.807) is 28.6 Å². The molecule has 2 aromatic rings. The Morgan fingerprint density at radius 1 is 1.33 bits per heavy atom. The van der Waals surface area contributed by atoms with E-state index >= 15 is 0 Å². The van der Waals surface area contributed by atoms with Crippen LogP contribution in [-0.4, -0.2) is 44.3 Å². The lowest BCUT2D eigenvalue weighted by Crippen LogP contribution is -2.37. The summed E-state index contributed by atoms with van der Waals surface area (Å²) in [7, 11) is 0. The number of hydrogen-bond donors (Lipinski definition) is 1. The van der Waals surface area contributed by atoms with Crippen molar-refractivity contribution in [3.63, 3.8) is 0 Å². The van der Waals surface area contributed by atoms with Crippen molar-refractivity contribution < 1.29 is 19.1 Å². The van der Waals surface area contributed by atoms with Crippen LogP contribution in [0.4, 0.5) is 4.39 Å². The molecule has 1 amide bonds. The summed E-state index contributed by atoms with van der Waals surface area (Å²) in [5.41, 5.74) is 1.75. The van der Waals surface area contributed by atoms with E-state index in [1.807, 2.05) is 0 Å². The smallest absolute Gasteiger partial charge is 0.305 e. The molecule has 1 unspecified atom stereocenters. The molecule has 1 aliphatic rings. The van der Waals surface area contributed by atoms with Crippen LogP contribution < -0.4 is 0 Å². The van der Waals surface area contributed by atoms with Crippen LogP contribution in [0.15, 0.2) is 30.5 Å². The molecular weight excluding hydrogens is 313 g/mol. The number of aromatic nitrogens is 2. The fourth-order valence-corrected chi connectivity index (χ4v) is 3.13. The van der Waals surface area contributed by atoms with Crippen molar-refractivity contribution >= 4 is 11.9 Å². The Bertz CT molecular complexity index is 770. The molecule has 0 saturated carbocycles. The lowest BCUT2D eigenvalue weighted by molar-refractivity contribution is -0.137. The lowest BCUT2D eigenvalue weighted by atomic mass is 10.1. The molecule has 1 saturated heterocycles. The van der Waals surface area contributed by atoms with Crippen LogP contribution in [0.25, 0.3) is 5.69 Å². The molecule has 1 fully saturated rings. The molecule has 1 aliphatic heterocycles. The number of halogens is 1. The Morgan fingerprint density at radius 3 is 2.71 bits per heavy atom. The topological polar surface area (TPSA) is 75.4 Å². The standard InChI is InChI=1S/C17H18FN3O3/c1-11-15(10-19-21(11)13-6-4-12(18)5-7-13)17(24)20-8-2-3-14(20)9-16(22)23/h4-7,10,14H,2-3,8-9H2,1H3,(H,22,23). The normalized spacial score (nSPS) is 17.2. The molecule has 7 heteroatoms.